The summed E-state index contributed by atoms with van der Waals surface area (Å²) in [7, 11) is -5.91. The highest BCUT2D eigenvalue weighted by Gasteiger charge is 2.43. The number of rotatable bonds is 20. The predicted molar refractivity (Wildman–Crippen MR) is 512 cm³/mol. The number of aryl methyl sites for hydroxylation is 4. The Bertz CT molecular complexity index is 5270. The van der Waals surface area contributed by atoms with Crippen LogP contribution in [0.1, 0.15) is 146 Å². The molecule has 13 aliphatic heterocycles. The highest BCUT2D eigenvalue weighted by molar-refractivity contribution is 7.20. The first-order valence-corrected chi connectivity index (χ1v) is 47.2. The fourth-order valence-electron chi connectivity index (χ4n) is 18.4. The molecular formula is C116H104Si2. The predicted octanol–water partition coefficient (Wildman–Crippen LogP) is 24.8. The van der Waals surface area contributed by atoms with Crippen molar-refractivity contribution >= 4 is 79.9 Å². The van der Waals surface area contributed by atoms with Crippen LogP contribution in [0, 0.1) is 0 Å². The summed E-state index contributed by atoms with van der Waals surface area (Å²) in [5.41, 5.74) is 29.3. The summed E-state index contributed by atoms with van der Waals surface area (Å²) < 4.78 is 0. The van der Waals surface area contributed by atoms with Gasteiger partial charge in [0.05, 0.1) is 0 Å². The zero-order valence-electron chi connectivity index (χ0n) is 68.7. The van der Waals surface area contributed by atoms with Crippen LogP contribution in [-0.2, 0) is 25.7 Å². The number of unbranched alkanes of at least 4 members (excludes halogenated alkanes) is 4. The van der Waals surface area contributed by atoms with Gasteiger partial charge < -0.3 is 0 Å². The van der Waals surface area contributed by atoms with Crippen LogP contribution < -0.4 is 41.5 Å². The van der Waals surface area contributed by atoms with E-state index in [9.17, 15) is 0 Å². The second kappa shape index (κ2) is 36.3. The standard InChI is InChI=1S/C116H104Si2/c1-5-9-25-85-37-45-97(46-38-85)113-101-61-53-89(54-62-101)93-69-77-109(78-70-93)117(105-29-17-13-18-30-105,106-31-19-14-20-32-106)111-81-73-95(74-82-111)91-57-65-103(66-58-91)115(99-49-41-87(42-50-99)27-11-7-3)116(100-51-43-88(44-52-100)28-12-8-4)104-67-59-92(60-68-104)96-75-83-112(84-76-96)118(107-33-21-15-22-34-107,108-35-23-16-24-36-108)110-79-71-94(72-80-110)90-55-63-102(64-56-90)114(113)98-47-39-86(40-48-98)26-10-6-2/h13-24,29-84H,5-12,25-28H2,1-4H3. The summed E-state index contributed by atoms with van der Waals surface area (Å²) in [6.45, 7) is 9.14. The highest BCUT2D eigenvalue weighted by Crippen LogP contribution is 2.42. The fourth-order valence-corrected chi connectivity index (χ4v) is 27.9. The first-order chi connectivity index (χ1) is 58.3. The Labute approximate surface area is 703 Å². The van der Waals surface area contributed by atoms with E-state index in [2.05, 4.69) is 440 Å². The first-order valence-electron chi connectivity index (χ1n) is 43.2. The van der Waals surface area contributed by atoms with E-state index in [1.165, 1.54) is 175 Å². The molecule has 0 atom stereocenters. The summed E-state index contributed by atoms with van der Waals surface area (Å²) >= 11 is 0. The highest BCUT2D eigenvalue weighted by atomic mass is 28.3. The lowest BCUT2D eigenvalue weighted by molar-refractivity contribution is 0.795. The van der Waals surface area contributed by atoms with Crippen LogP contribution >= 0.6 is 0 Å². The van der Waals surface area contributed by atoms with Crippen LogP contribution in [0.3, 0.4) is 0 Å². The normalized spacial score (nSPS) is 13.1. The molecule has 0 aromatic heterocycles. The van der Waals surface area contributed by atoms with Gasteiger partial charge in [-0.3, -0.25) is 0 Å². The maximum Gasteiger partial charge on any atom is 0.179 e. The first kappa shape index (κ1) is 78.0. The molecule has 2 heteroatoms. The molecule has 13 heterocycles. The van der Waals surface area contributed by atoms with Crippen molar-refractivity contribution in [3.8, 4) is 44.5 Å². The lowest BCUT2D eigenvalue weighted by Gasteiger charge is -2.34. The van der Waals surface area contributed by atoms with Gasteiger partial charge in [-0.1, -0.05) is 466 Å². The average molecular weight is 1550 g/mol. The molecule has 0 fully saturated rings. The van der Waals surface area contributed by atoms with Gasteiger partial charge in [0.2, 0.25) is 0 Å². The third-order valence-electron chi connectivity index (χ3n) is 24.9. The Morgan fingerprint density at radius 1 is 0.136 bits per heavy atom. The van der Waals surface area contributed by atoms with E-state index in [0.717, 1.165) is 77.0 Å². The topological polar surface area (TPSA) is 0 Å². The van der Waals surface area contributed by atoms with Gasteiger partial charge in [-0.2, -0.15) is 0 Å². The van der Waals surface area contributed by atoms with Crippen molar-refractivity contribution in [1.29, 1.82) is 0 Å². The van der Waals surface area contributed by atoms with Crippen LogP contribution in [-0.4, -0.2) is 16.1 Å². The van der Waals surface area contributed by atoms with Gasteiger partial charge in [-0.05, 0) is 226 Å². The Hall–Kier alpha value is -12.6. The van der Waals surface area contributed by atoms with E-state index >= 15 is 0 Å². The lowest BCUT2D eigenvalue weighted by Crippen LogP contribution is -2.74. The van der Waals surface area contributed by atoms with Crippen LogP contribution in [0.2, 0.25) is 0 Å². The minimum absolute atomic E-state index is 1.06. The molecule has 16 bridgehead atoms. The number of hydrogen-bond donors (Lipinski definition) is 0. The van der Waals surface area contributed by atoms with Crippen molar-refractivity contribution in [1.82, 2.24) is 0 Å². The quantitative estimate of drug-likeness (QED) is 0.0667. The van der Waals surface area contributed by atoms with Crippen molar-refractivity contribution in [2.24, 2.45) is 0 Å². The van der Waals surface area contributed by atoms with Crippen molar-refractivity contribution < 1.29 is 0 Å². The molecule has 0 nitrogen and oxygen atoms in total. The molecule has 0 unspecified atom stereocenters. The van der Waals surface area contributed by atoms with Gasteiger partial charge in [-0.15, -0.1) is 0 Å². The largest absolute Gasteiger partial charge is 0.179 e. The molecule has 0 aliphatic carbocycles. The molecule has 0 N–H and O–H groups in total. The monoisotopic (exact) mass is 1550 g/mol. The summed E-state index contributed by atoms with van der Waals surface area (Å²) in [6, 6.07) is 160. The van der Waals surface area contributed by atoms with E-state index < -0.39 is 16.1 Å². The lowest BCUT2D eigenvalue weighted by atomic mass is 9.84. The van der Waals surface area contributed by atoms with E-state index in [1.807, 2.05) is 0 Å². The molecule has 13 aliphatic rings. The molecule has 16 aromatic carbocycles. The zero-order valence-corrected chi connectivity index (χ0v) is 70.7. The molecular weight excluding hydrogens is 1450 g/mol. The molecule has 0 saturated heterocycles. The Balaban J connectivity index is 0.861. The molecule has 0 radical (unpaired) electrons. The van der Waals surface area contributed by atoms with Crippen molar-refractivity contribution in [2.45, 2.75) is 105 Å². The van der Waals surface area contributed by atoms with E-state index in [4.69, 9.17) is 0 Å². The average Bonchev–Trinajstić information content (AvgIpc) is 0.737. The van der Waals surface area contributed by atoms with Crippen molar-refractivity contribution in [3.63, 3.8) is 0 Å². The minimum Gasteiger partial charge on any atom is -0.0654 e. The van der Waals surface area contributed by atoms with Crippen molar-refractivity contribution in [2.75, 3.05) is 0 Å². The molecule has 29 rings (SSSR count). The van der Waals surface area contributed by atoms with Crippen molar-refractivity contribution in [3.05, 3.63) is 479 Å². The Morgan fingerprint density at radius 3 is 0.415 bits per heavy atom. The third-order valence-corrected chi connectivity index (χ3v) is 34.5. The Kier molecular flexibility index (Phi) is 24.0. The third kappa shape index (κ3) is 16.1. The Morgan fingerprint density at radius 2 is 0.263 bits per heavy atom. The number of hydrogen-bond acceptors (Lipinski definition) is 0. The maximum atomic E-state index is 2.44. The van der Waals surface area contributed by atoms with Crippen LogP contribution in [0.25, 0.3) is 66.8 Å². The van der Waals surface area contributed by atoms with Gasteiger partial charge >= 0.3 is 0 Å². The molecule has 0 spiro atoms. The maximum absolute atomic E-state index is 2.96. The molecule has 0 saturated carbocycles. The molecule has 118 heavy (non-hydrogen) atoms. The summed E-state index contributed by atoms with van der Waals surface area (Å²) in [5, 5.41) is 10.7. The zero-order chi connectivity index (χ0) is 80.0. The fraction of sp³-hybridized carbons (Fsp3) is 0.138. The van der Waals surface area contributed by atoms with E-state index in [0.29, 0.717) is 0 Å². The smallest absolute Gasteiger partial charge is 0.0654 e. The molecule has 576 valence electrons. The van der Waals surface area contributed by atoms with Gasteiger partial charge in [0.25, 0.3) is 0 Å². The van der Waals surface area contributed by atoms with Crippen LogP contribution in [0.5, 0.6) is 0 Å². The second-order valence-corrected chi connectivity index (χ2v) is 39.9. The van der Waals surface area contributed by atoms with E-state index in [1.54, 1.807) is 0 Å². The summed E-state index contributed by atoms with van der Waals surface area (Å²) in [5.74, 6) is 0. The number of benzene rings is 16. The van der Waals surface area contributed by atoms with Crippen LogP contribution in [0.4, 0.5) is 0 Å². The summed E-state index contributed by atoms with van der Waals surface area (Å²) in [4.78, 5) is 0. The van der Waals surface area contributed by atoms with Gasteiger partial charge in [0, 0.05) is 0 Å². The van der Waals surface area contributed by atoms with Gasteiger partial charge in [0.1, 0.15) is 0 Å². The van der Waals surface area contributed by atoms with Crippen LogP contribution in [0.15, 0.2) is 413 Å². The SMILES string of the molecule is CCCCc1ccc(C2=C(c3ccc(CCCC)cc3)c3ccc(cc3)-c3ccc(cc3)[Si](c3ccccc3)(c3ccccc3)c3ccc(cc3)-c3ccc(cc3)C(c3ccc(CCCC)cc3)=C(c3ccc(CCCC)cc3)c3ccc(cc3)-c3ccc(cc3)[Si](c3ccccc3)(c3ccccc3)c3ccc(cc3)-c3ccc2cc3)cc1. The molecule has 0 amide bonds. The summed E-state index contributed by atoms with van der Waals surface area (Å²) in [6.07, 6.45) is 13.6. The van der Waals surface area contributed by atoms with Gasteiger partial charge in [-0.25, -0.2) is 0 Å². The van der Waals surface area contributed by atoms with E-state index in [-0.39, 0.29) is 0 Å². The molecule has 16 aromatic rings. The minimum atomic E-state index is -2.96. The second-order valence-electron chi connectivity index (χ2n) is 32.3. The van der Waals surface area contributed by atoms with Gasteiger partial charge in [0.15, 0.2) is 16.1 Å².